The lowest BCUT2D eigenvalue weighted by atomic mass is 10.2. The lowest BCUT2D eigenvalue weighted by Gasteiger charge is -2.04. The number of benzene rings is 1. The van der Waals surface area contributed by atoms with E-state index in [1.807, 2.05) is 37.5 Å². The first-order chi connectivity index (χ1) is 13.0. The molecule has 4 rings (SSSR count). The first-order valence-electron chi connectivity index (χ1n) is 8.38. The summed E-state index contributed by atoms with van der Waals surface area (Å²) in [4.78, 5) is 12.3. The van der Waals surface area contributed by atoms with E-state index in [9.17, 15) is 4.79 Å². The average molecular weight is 366 g/mol. The number of aromatic nitrogens is 2. The van der Waals surface area contributed by atoms with E-state index >= 15 is 0 Å². The van der Waals surface area contributed by atoms with Gasteiger partial charge in [0.15, 0.2) is 17.3 Å². The molecule has 0 fully saturated rings. The van der Waals surface area contributed by atoms with Crippen molar-refractivity contribution in [3.8, 4) is 17.3 Å². The van der Waals surface area contributed by atoms with E-state index < -0.39 is 0 Å². The Morgan fingerprint density at radius 2 is 2.00 bits per heavy atom. The molecule has 0 spiro atoms. The van der Waals surface area contributed by atoms with Crippen LogP contribution >= 0.6 is 0 Å². The quantitative estimate of drug-likeness (QED) is 0.566. The van der Waals surface area contributed by atoms with Gasteiger partial charge in [-0.2, -0.15) is 5.10 Å². The smallest absolute Gasteiger partial charge is 0.271 e. The van der Waals surface area contributed by atoms with Gasteiger partial charge in [0.25, 0.3) is 5.91 Å². The van der Waals surface area contributed by atoms with E-state index in [2.05, 4.69) is 15.7 Å². The second kappa shape index (κ2) is 6.64. The van der Waals surface area contributed by atoms with Gasteiger partial charge in [0.05, 0.1) is 6.21 Å². The maximum atomic E-state index is 12.3. The molecule has 0 saturated heterocycles. The number of amides is 1. The number of nitrogens with one attached hydrogen (secondary N) is 1. The normalized spacial score (nSPS) is 12.7. The van der Waals surface area contributed by atoms with Gasteiger partial charge in [0.2, 0.25) is 6.79 Å². The van der Waals surface area contributed by atoms with Crippen molar-refractivity contribution >= 4 is 12.1 Å². The van der Waals surface area contributed by atoms with Crippen LogP contribution in [0.3, 0.4) is 0 Å². The third kappa shape index (κ3) is 3.17. The lowest BCUT2D eigenvalue weighted by Crippen LogP contribution is -2.17. The molecule has 27 heavy (non-hydrogen) atoms. The summed E-state index contributed by atoms with van der Waals surface area (Å²) in [6.07, 6.45) is 1.61. The zero-order valence-corrected chi connectivity index (χ0v) is 15.1. The highest BCUT2D eigenvalue weighted by atomic mass is 16.7. The minimum Gasteiger partial charge on any atom is -0.454 e. The van der Waals surface area contributed by atoms with Crippen molar-refractivity contribution in [1.82, 2.24) is 15.1 Å². The molecule has 8 nitrogen and oxygen atoms in total. The average Bonchev–Trinajstić information content (AvgIpc) is 3.34. The van der Waals surface area contributed by atoms with Gasteiger partial charge >= 0.3 is 0 Å². The fraction of sp³-hybridized carbons (Fsp3) is 0.211. The molecule has 2 aromatic heterocycles. The predicted molar refractivity (Wildman–Crippen MR) is 97.7 cm³/mol. The first kappa shape index (κ1) is 16.9. The topological polar surface area (TPSA) is 90.9 Å². The van der Waals surface area contributed by atoms with Gasteiger partial charge in [-0.3, -0.25) is 9.36 Å². The van der Waals surface area contributed by atoms with Crippen LogP contribution in [-0.2, 0) is 0 Å². The standard InChI is InChI=1S/C19H18N4O4/c1-11-6-15(13(3)23(11)18-7-12(2)27-22-18)9-20-21-19(24)14-4-5-16-17(8-14)26-10-25-16/h4-9H,10H2,1-3H3,(H,21,24)/b20-9-. The van der Waals surface area contributed by atoms with E-state index in [0.717, 1.165) is 22.7 Å². The Hall–Kier alpha value is -3.55. The van der Waals surface area contributed by atoms with Crippen LogP contribution in [0.5, 0.6) is 11.5 Å². The second-order valence-corrected chi connectivity index (χ2v) is 6.22. The van der Waals surface area contributed by atoms with Crippen molar-refractivity contribution in [3.63, 3.8) is 0 Å². The van der Waals surface area contributed by atoms with Crippen molar-refractivity contribution < 1.29 is 18.8 Å². The Labute approximate surface area is 155 Å². The van der Waals surface area contributed by atoms with Crippen LogP contribution in [0.15, 0.2) is 40.0 Å². The SMILES string of the molecule is Cc1cc(-n2c(C)cc(/C=N\NC(=O)c3ccc4c(c3)OCO4)c2C)no1. The molecule has 1 amide bonds. The molecule has 1 aliphatic heterocycles. The van der Waals surface area contributed by atoms with Crippen LogP contribution in [0.2, 0.25) is 0 Å². The van der Waals surface area contributed by atoms with Gasteiger partial charge in [-0.1, -0.05) is 5.16 Å². The zero-order valence-electron chi connectivity index (χ0n) is 15.1. The summed E-state index contributed by atoms with van der Waals surface area (Å²) in [5, 5.41) is 8.12. The fourth-order valence-corrected chi connectivity index (χ4v) is 2.99. The largest absolute Gasteiger partial charge is 0.454 e. The highest BCUT2D eigenvalue weighted by Crippen LogP contribution is 2.32. The molecule has 0 radical (unpaired) electrons. The van der Waals surface area contributed by atoms with Crippen molar-refractivity contribution in [2.75, 3.05) is 6.79 Å². The van der Waals surface area contributed by atoms with Crippen LogP contribution in [0.25, 0.3) is 5.82 Å². The van der Waals surface area contributed by atoms with Gasteiger partial charge in [0, 0.05) is 28.6 Å². The second-order valence-electron chi connectivity index (χ2n) is 6.22. The number of aryl methyl sites for hydroxylation is 2. The van der Waals surface area contributed by atoms with E-state index in [-0.39, 0.29) is 12.7 Å². The summed E-state index contributed by atoms with van der Waals surface area (Å²) in [5.41, 5.74) is 5.78. The monoisotopic (exact) mass is 366 g/mol. The Kier molecular flexibility index (Phi) is 4.15. The molecule has 1 aliphatic rings. The molecule has 0 saturated carbocycles. The molecule has 1 aromatic carbocycles. The molecule has 0 unspecified atom stereocenters. The number of fused-ring (bicyclic) bond motifs is 1. The number of hydrogen-bond donors (Lipinski definition) is 1. The summed E-state index contributed by atoms with van der Waals surface area (Å²) in [6.45, 7) is 5.94. The summed E-state index contributed by atoms with van der Waals surface area (Å²) in [5.74, 6) is 2.31. The van der Waals surface area contributed by atoms with E-state index in [1.165, 1.54) is 0 Å². The summed E-state index contributed by atoms with van der Waals surface area (Å²) < 4.78 is 17.6. The molecule has 8 heteroatoms. The number of hydrazone groups is 1. The van der Waals surface area contributed by atoms with Gasteiger partial charge in [-0.15, -0.1) is 0 Å². The van der Waals surface area contributed by atoms with Crippen LogP contribution in [0.4, 0.5) is 0 Å². The Balaban J connectivity index is 1.49. The molecule has 0 aliphatic carbocycles. The molecule has 0 bridgehead atoms. The summed E-state index contributed by atoms with van der Waals surface area (Å²) in [7, 11) is 0. The van der Waals surface area contributed by atoms with E-state index in [4.69, 9.17) is 14.0 Å². The third-order valence-corrected chi connectivity index (χ3v) is 4.32. The lowest BCUT2D eigenvalue weighted by molar-refractivity contribution is 0.0954. The van der Waals surface area contributed by atoms with Crippen molar-refractivity contribution in [2.24, 2.45) is 5.10 Å². The van der Waals surface area contributed by atoms with Gasteiger partial charge in [0.1, 0.15) is 5.76 Å². The number of carbonyl (C=O) groups excluding carboxylic acids is 1. The Bertz CT molecular complexity index is 1050. The Morgan fingerprint density at radius 1 is 1.19 bits per heavy atom. The number of carbonyl (C=O) groups is 1. The molecule has 3 heterocycles. The number of ether oxygens (including phenoxy) is 2. The molecule has 3 aromatic rings. The van der Waals surface area contributed by atoms with Crippen LogP contribution in [-0.4, -0.2) is 28.6 Å². The highest BCUT2D eigenvalue weighted by Gasteiger charge is 2.16. The van der Waals surface area contributed by atoms with Gasteiger partial charge in [-0.05, 0) is 45.0 Å². The minimum absolute atomic E-state index is 0.166. The fourth-order valence-electron chi connectivity index (χ4n) is 2.99. The predicted octanol–water partition coefficient (Wildman–Crippen LogP) is 2.88. The number of hydrogen-bond acceptors (Lipinski definition) is 6. The number of nitrogens with zero attached hydrogens (tertiary/aromatic N) is 3. The van der Waals surface area contributed by atoms with Crippen molar-refractivity contribution in [3.05, 3.63) is 58.6 Å². The van der Waals surface area contributed by atoms with Crippen LogP contribution in [0, 0.1) is 20.8 Å². The third-order valence-electron chi connectivity index (χ3n) is 4.32. The summed E-state index contributed by atoms with van der Waals surface area (Å²) in [6, 6.07) is 8.83. The summed E-state index contributed by atoms with van der Waals surface area (Å²) >= 11 is 0. The molecule has 138 valence electrons. The van der Waals surface area contributed by atoms with Gasteiger partial charge < -0.3 is 14.0 Å². The highest BCUT2D eigenvalue weighted by molar-refractivity contribution is 5.95. The first-order valence-corrected chi connectivity index (χ1v) is 8.38. The number of rotatable bonds is 4. The molecular formula is C19H18N4O4. The molecule has 0 atom stereocenters. The minimum atomic E-state index is -0.328. The maximum absolute atomic E-state index is 12.3. The molecular weight excluding hydrogens is 348 g/mol. The zero-order chi connectivity index (χ0) is 19.0. The van der Waals surface area contributed by atoms with Crippen LogP contribution in [0.1, 0.15) is 33.1 Å². The van der Waals surface area contributed by atoms with Crippen molar-refractivity contribution in [1.29, 1.82) is 0 Å². The molecule has 1 N–H and O–H groups in total. The van der Waals surface area contributed by atoms with Crippen molar-refractivity contribution in [2.45, 2.75) is 20.8 Å². The van der Waals surface area contributed by atoms with E-state index in [1.54, 1.807) is 24.4 Å². The maximum Gasteiger partial charge on any atom is 0.271 e. The van der Waals surface area contributed by atoms with Gasteiger partial charge in [-0.25, -0.2) is 5.43 Å². The van der Waals surface area contributed by atoms with E-state index in [0.29, 0.717) is 22.9 Å². The Morgan fingerprint density at radius 3 is 2.78 bits per heavy atom. The van der Waals surface area contributed by atoms with Crippen LogP contribution < -0.4 is 14.9 Å².